The Kier molecular flexibility index (Phi) is 8.91. The van der Waals surface area contributed by atoms with E-state index in [1.807, 2.05) is 7.85 Å². The molecule has 188 valence electrons. The van der Waals surface area contributed by atoms with Crippen molar-refractivity contribution in [3.05, 3.63) is 5.56 Å². The van der Waals surface area contributed by atoms with Crippen molar-refractivity contribution in [3.8, 4) is 0 Å². The molecule has 0 spiro atoms. The van der Waals surface area contributed by atoms with Gasteiger partial charge in [0.15, 0.2) is 7.85 Å². The molecule has 0 bridgehead atoms. The molecule has 7 nitrogen and oxygen atoms in total. The fourth-order valence-electron chi connectivity index (χ4n) is 8.65. The topological polar surface area (TPSA) is 113 Å². The summed E-state index contributed by atoms with van der Waals surface area (Å²) in [7, 11) is 32.6. The average molecular weight is 499 g/mol. The van der Waals surface area contributed by atoms with E-state index in [9.17, 15) is 9.90 Å². The van der Waals surface area contributed by atoms with Crippen molar-refractivity contribution in [2.45, 2.75) is 56.2 Å². The number of anilines is 2. The lowest BCUT2D eigenvalue weighted by molar-refractivity contribution is 0.0166. The predicted octanol–water partition coefficient (Wildman–Crippen LogP) is -14.3. The summed E-state index contributed by atoms with van der Waals surface area (Å²) in [5.74, 6) is 0.485. The first-order chi connectivity index (χ1) is 16.7. The first-order valence-corrected chi connectivity index (χ1v) is 14.2. The van der Waals surface area contributed by atoms with Crippen LogP contribution in [-0.4, -0.2) is 155 Å². The van der Waals surface area contributed by atoms with E-state index in [1.165, 1.54) is 0 Å². The summed E-state index contributed by atoms with van der Waals surface area (Å²) in [5.41, 5.74) is 4.93. The van der Waals surface area contributed by atoms with Crippen molar-refractivity contribution in [3.63, 3.8) is 0 Å². The molecule has 1 amide bonds. The second kappa shape index (κ2) is 10.2. The van der Waals surface area contributed by atoms with Gasteiger partial charge in [-0.05, 0) is 30.7 Å². The second-order valence-corrected chi connectivity index (χ2v) is 16.5. The summed E-state index contributed by atoms with van der Waals surface area (Å²) in [6, 6.07) is 0. The molecule has 38 heavy (non-hydrogen) atoms. The third kappa shape index (κ3) is 6.36. The number of amides is 1. The summed E-state index contributed by atoms with van der Waals surface area (Å²) >= 11 is 0. The van der Waals surface area contributed by atoms with Gasteiger partial charge in [0.1, 0.15) is 21.5 Å². The van der Waals surface area contributed by atoms with Gasteiger partial charge < -0.3 is 21.5 Å². The number of hydrogen-bond acceptors (Lipinski definition) is 6. The quantitative estimate of drug-likeness (QED) is 0.252. The van der Waals surface area contributed by atoms with Crippen molar-refractivity contribution < 1.29 is 9.90 Å². The normalized spacial score (nSPS) is 25.3. The summed E-state index contributed by atoms with van der Waals surface area (Å²) < 4.78 is 0. The average Bonchev–Trinajstić information content (AvgIpc) is 2.59. The first kappa shape index (κ1) is 33.3. The SMILES string of the molecule is Bc1nc(NC(C(B)(B)B)(C(B)(B)B)C(B)(B)B)nc(NC2(B)CCC(C(B)(B)B)C(B)(O)C2)c1C(N)=O. The van der Waals surface area contributed by atoms with Crippen LogP contribution in [0.25, 0.3) is 0 Å². The van der Waals surface area contributed by atoms with Gasteiger partial charge in [-0.25, -0.2) is 4.98 Å². The van der Waals surface area contributed by atoms with Crippen LogP contribution in [0.1, 0.15) is 29.6 Å². The number of aromatic nitrogens is 2. The maximum absolute atomic E-state index is 12.6. The standard InChI is InChI=1S/C16H42B15N5O2/c17-6-5(7(32)37)8(35-10(18)2-1-4(12(20,21)22)11(19,38)3-10)34-9(33-6)36-13(14(23,24)25,15(26,27)28)16(29,30)31/h4,38H,1-3,17-31H2,(H2,32,37)(H2,33,34,35,36). The van der Waals surface area contributed by atoms with E-state index in [1.54, 1.807) is 7.85 Å². The number of rotatable bonds is 9. The number of carbonyl (C=O) groups is 1. The number of carbonyl (C=O) groups excluding carboxylic acids is 1. The van der Waals surface area contributed by atoms with Gasteiger partial charge in [0.05, 0.1) is 99.7 Å². The van der Waals surface area contributed by atoms with E-state index >= 15 is 0 Å². The molecule has 5 N–H and O–H groups in total. The zero-order valence-electron chi connectivity index (χ0n) is 27.0. The minimum Gasteiger partial charge on any atom is -0.399 e. The molecule has 1 fully saturated rings. The van der Waals surface area contributed by atoms with Crippen molar-refractivity contribution in [1.29, 1.82) is 0 Å². The van der Waals surface area contributed by atoms with E-state index in [0.29, 0.717) is 29.3 Å². The van der Waals surface area contributed by atoms with Gasteiger partial charge in [-0.2, -0.15) is 4.98 Å². The van der Waals surface area contributed by atoms with Gasteiger partial charge in [0.25, 0.3) is 5.91 Å². The van der Waals surface area contributed by atoms with Crippen LogP contribution < -0.4 is 22.0 Å². The highest BCUT2D eigenvalue weighted by Crippen LogP contribution is 2.55. The number of nitrogens with zero attached hydrogens (tertiary/aromatic N) is 2. The minimum atomic E-state index is -0.867. The first-order valence-electron chi connectivity index (χ1n) is 14.2. The molecule has 0 aromatic carbocycles. The van der Waals surface area contributed by atoms with Gasteiger partial charge in [-0.1, -0.05) is 15.3 Å². The van der Waals surface area contributed by atoms with Crippen molar-refractivity contribution in [2.75, 3.05) is 10.6 Å². The van der Waals surface area contributed by atoms with E-state index in [0.717, 1.165) is 12.8 Å². The maximum atomic E-state index is 12.6. The number of nitrogens with one attached hydrogen (secondary N) is 2. The molecule has 3 unspecified atom stereocenters. The summed E-state index contributed by atoms with van der Waals surface area (Å²) in [5, 5.41) is 18.4. The zero-order valence-corrected chi connectivity index (χ0v) is 27.0. The lowest BCUT2D eigenvalue weighted by Crippen LogP contribution is -2.67. The van der Waals surface area contributed by atoms with Crippen LogP contribution in [0.5, 0.6) is 0 Å². The molecular formula is C16H42B15N5O2. The Morgan fingerprint density at radius 3 is 1.76 bits per heavy atom. The molecule has 3 atom stereocenters. The molecule has 0 aliphatic heterocycles. The van der Waals surface area contributed by atoms with Crippen molar-refractivity contribution in [2.24, 2.45) is 11.7 Å². The highest BCUT2D eigenvalue weighted by atomic mass is 16.3. The minimum absolute atomic E-state index is 0.0119. The lowest BCUT2D eigenvalue weighted by Gasteiger charge is -2.63. The highest BCUT2D eigenvalue weighted by Gasteiger charge is 2.56. The molecule has 22 heteroatoms. The van der Waals surface area contributed by atoms with Gasteiger partial charge >= 0.3 is 0 Å². The summed E-state index contributed by atoms with van der Waals surface area (Å²) in [6.45, 7) is 0. The Morgan fingerprint density at radius 2 is 1.39 bits per heavy atom. The molecule has 1 aromatic heterocycles. The van der Waals surface area contributed by atoms with Crippen LogP contribution in [0, 0.1) is 5.92 Å². The van der Waals surface area contributed by atoms with Crippen LogP contribution in [0.3, 0.4) is 0 Å². The van der Waals surface area contributed by atoms with Gasteiger partial charge in [0, 0.05) is 16.5 Å². The summed E-state index contributed by atoms with van der Waals surface area (Å²) in [4.78, 5) is 22.3. The number of hydrogen-bond donors (Lipinski definition) is 4. The lowest BCUT2D eigenvalue weighted by atomic mass is 9.12. The van der Waals surface area contributed by atoms with Crippen LogP contribution >= 0.6 is 0 Å². The molecule has 1 saturated carbocycles. The van der Waals surface area contributed by atoms with Crippen LogP contribution in [-0.2, 0) is 0 Å². The number of primary amides is 1. The molecule has 1 aromatic rings. The molecule has 2 rings (SSSR count). The molecule has 0 radical (unpaired) electrons. The second-order valence-electron chi connectivity index (χ2n) is 16.5. The summed E-state index contributed by atoms with van der Waals surface area (Å²) in [6.07, 6.45) is 2.23. The fourth-order valence-corrected chi connectivity index (χ4v) is 8.65. The van der Waals surface area contributed by atoms with Crippen LogP contribution in [0.4, 0.5) is 11.8 Å². The largest absolute Gasteiger partial charge is 0.399 e. The Morgan fingerprint density at radius 1 is 0.921 bits per heavy atom. The van der Waals surface area contributed by atoms with E-state index in [-0.39, 0.29) is 26.4 Å². The zero-order chi connectivity index (χ0) is 29.9. The molecule has 1 aliphatic rings. The van der Waals surface area contributed by atoms with Gasteiger partial charge in [-0.15, -0.1) is 5.11 Å². The third-order valence-electron chi connectivity index (χ3n) is 8.96. The van der Waals surface area contributed by atoms with Crippen LogP contribution in [0.15, 0.2) is 0 Å². The van der Waals surface area contributed by atoms with Crippen LogP contribution in [0.2, 0.25) is 20.5 Å². The van der Waals surface area contributed by atoms with Crippen molar-refractivity contribution >= 4 is 141 Å². The number of nitrogens with two attached hydrogens (primary N) is 1. The number of aliphatic hydroxyl groups is 1. The Bertz CT molecular complexity index is 1030. The Hall–Kier alpha value is -0.916. The van der Waals surface area contributed by atoms with Gasteiger partial charge in [0.2, 0.25) is 5.95 Å². The Labute approximate surface area is 244 Å². The van der Waals surface area contributed by atoms with E-state index < -0.39 is 22.4 Å². The fraction of sp³-hybridized carbons (Fsp3) is 0.688. The Balaban J connectivity index is 2.65. The molecule has 0 saturated heterocycles. The predicted molar refractivity (Wildman–Crippen MR) is 204 cm³/mol. The maximum Gasteiger partial charge on any atom is 0.253 e. The highest BCUT2D eigenvalue weighted by molar-refractivity contribution is 6.71. The molecular weight excluding hydrogens is 456 g/mol. The monoisotopic (exact) mass is 501 g/mol. The smallest absolute Gasteiger partial charge is 0.253 e. The van der Waals surface area contributed by atoms with Crippen molar-refractivity contribution in [1.82, 2.24) is 9.97 Å². The van der Waals surface area contributed by atoms with E-state index in [4.69, 9.17) is 15.7 Å². The van der Waals surface area contributed by atoms with Gasteiger partial charge in [-0.3, -0.25) is 4.79 Å². The third-order valence-corrected chi connectivity index (χ3v) is 8.96. The van der Waals surface area contributed by atoms with E-state index in [2.05, 4.69) is 113 Å². The molecule has 1 aliphatic carbocycles. The molecule has 1 heterocycles.